The van der Waals surface area contributed by atoms with E-state index < -0.39 is 0 Å². The first-order chi connectivity index (χ1) is 10.8. The van der Waals surface area contributed by atoms with E-state index in [0.29, 0.717) is 6.54 Å². The van der Waals surface area contributed by atoms with Crippen LogP contribution in [0.4, 0.5) is 5.69 Å². The lowest BCUT2D eigenvalue weighted by Crippen LogP contribution is -2.50. The number of amides is 1. The molecule has 1 fully saturated rings. The quantitative estimate of drug-likeness (QED) is 0.910. The lowest BCUT2D eigenvalue weighted by atomic mass is 10.0. The van der Waals surface area contributed by atoms with Gasteiger partial charge in [0.15, 0.2) is 0 Å². The average molecular weight is 299 g/mol. The fourth-order valence-corrected chi connectivity index (χ4v) is 2.86. The number of rotatable bonds is 5. The second-order valence-electron chi connectivity index (χ2n) is 5.42. The predicted octanol–water partition coefficient (Wildman–Crippen LogP) is 1.58. The molecule has 6 heteroatoms. The minimum atomic E-state index is -0.144. The highest BCUT2D eigenvalue weighted by Crippen LogP contribution is 2.20. The number of aryl methyl sites for hydroxylation is 1. The zero-order valence-corrected chi connectivity index (χ0v) is 12.8. The monoisotopic (exact) mass is 299 g/mol. The van der Waals surface area contributed by atoms with Crippen LogP contribution in [0.25, 0.3) is 0 Å². The zero-order chi connectivity index (χ0) is 15.4. The second kappa shape index (κ2) is 6.70. The Kier molecular flexibility index (Phi) is 4.48. The first-order valence-electron chi connectivity index (χ1n) is 7.75. The Morgan fingerprint density at radius 3 is 3.05 bits per heavy atom. The third kappa shape index (κ3) is 3.01. The van der Waals surface area contributed by atoms with Gasteiger partial charge in [-0.3, -0.25) is 14.5 Å². The van der Waals surface area contributed by atoms with Crippen LogP contribution in [0.15, 0.2) is 36.8 Å². The topological polar surface area (TPSA) is 63.1 Å². The van der Waals surface area contributed by atoms with E-state index in [1.807, 2.05) is 27.8 Å². The summed E-state index contributed by atoms with van der Waals surface area (Å²) in [4.78, 5) is 18.6. The summed E-state index contributed by atoms with van der Waals surface area (Å²) in [6.07, 6.45) is 7.12. The predicted molar refractivity (Wildman–Crippen MR) is 84.4 cm³/mol. The van der Waals surface area contributed by atoms with E-state index in [9.17, 15) is 4.79 Å². The Morgan fingerprint density at radius 2 is 2.27 bits per heavy atom. The molecule has 116 valence electrons. The highest BCUT2D eigenvalue weighted by atomic mass is 16.2. The normalized spacial score (nSPS) is 18.7. The van der Waals surface area contributed by atoms with Crippen molar-refractivity contribution in [2.24, 2.45) is 0 Å². The van der Waals surface area contributed by atoms with Crippen molar-refractivity contribution in [3.8, 4) is 0 Å². The van der Waals surface area contributed by atoms with E-state index in [4.69, 9.17) is 0 Å². The number of carbonyl (C=O) groups excluding carboxylic acids is 1. The molecule has 0 unspecified atom stereocenters. The van der Waals surface area contributed by atoms with Crippen molar-refractivity contribution in [3.63, 3.8) is 0 Å². The molecule has 0 saturated carbocycles. The van der Waals surface area contributed by atoms with Crippen LogP contribution in [-0.2, 0) is 17.9 Å². The molecule has 22 heavy (non-hydrogen) atoms. The molecule has 1 aliphatic rings. The Balaban J connectivity index is 1.66. The van der Waals surface area contributed by atoms with Crippen LogP contribution in [0.1, 0.15) is 25.5 Å². The van der Waals surface area contributed by atoms with Crippen molar-refractivity contribution >= 4 is 11.6 Å². The van der Waals surface area contributed by atoms with E-state index >= 15 is 0 Å². The summed E-state index contributed by atoms with van der Waals surface area (Å²) in [5.41, 5.74) is 1.98. The van der Waals surface area contributed by atoms with Crippen LogP contribution >= 0.6 is 0 Å². The van der Waals surface area contributed by atoms with Crippen LogP contribution < -0.4 is 10.2 Å². The summed E-state index contributed by atoms with van der Waals surface area (Å²) in [7, 11) is 0. The Labute approximate surface area is 130 Å². The molecule has 0 spiro atoms. The van der Waals surface area contributed by atoms with Crippen LogP contribution in [0.2, 0.25) is 0 Å². The zero-order valence-electron chi connectivity index (χ0n) is 12.8. The highest BCUT2D eigenvalue weighted by molar-refractivity contribution is 5.97. The number of aromatic nitrogens is 3. The van der Waals surface area contributed by atoms with Gasteiger partial charge < -0.3 is 10.2 Å². The number of anilines is 1. The highest BCUT2D eigenvalue weighted by Gasteiger charge is 2.29. The van der Waals surface area contributed by atoms with Crippen molar-refractivity contribution in [2.45, 2.75) is 38.9 Å². The lowest BCUT2D eigenvalue weighted by molar-refractivity contribution is -0.121. The minimum Gasteiger partial charge on any atom is -0.310 e. The summed E-state index contributed by atoms with van der Waals surface area (Å²) in [6, 6.07) is 5.64. The smallest absolute Gasteiger partial charge is 0.244 e. The SMILES string of the molecule is CCn1nccc1CN[C@@H]1CCCN(c2cccnc2)C1=O. The first-order valence-corrected chi connectivity index (χ1v) is 7.75. The molecule has 1 atom stereocenters. The Hall–Kier alpha value is -2.21. The van der Waals surface area contributed by atoms with E-state index in [0.717, 1.165) is 37.3 Å². The number of pyridine rings is 1. The van der Waals surface area contributed by atoms with Gasteiger partial charge in [-0.05, 0) is 38.0 Å². The third-order valence-corrected chi connectivity index (χ3v) is 4.03. The van der Waals surface area contributed by atoms with E-state index in [2.05, 4.69) is 22.3 Å². The van der Waals surface area contributed by atoms with Gasteiger partial charge in [0.2, 0.25) is 5.91 Å². The van der Waals surface area contributed by atoms with Crippen molar-refractivity contribution in [1.82, 2.24) is 20.1 Å². The Bertz CT molecular complexity index is 624. The summed E-state index contributed by atoms with van der Waals surface area (Å²) in [5, 5.41) is 7.63. The van der Waals surface area contributed by atoms with Gasteiger partial charge in [-0.1, -0.05) is 0 Å². The van der Waals surface area contributed by atoms with E-state index in [-0.39, 0.29) is 11.9 Å². The first kappa shape index (κ1) is 14.7. The third-order valence-electron chi connectivity index (χ3n) is 4.03. The summed E-state index contributed by atoms with van der Waals surface area (Å²) < 4.78 is 1.94. The van der Waals surface area contributed by atoms with Gasteiger partial charge in [-0.15, -0.1) is 0 Å². The van der Waals surface area contributed by atoms with Crippen molar-refractivity contribution in [3.05, 3.63) is 42.5 Å². The molecule has 6 nitrogen and oxygen atoms in total. The fraction of sp³-hybridized carbons (Fsp3) is 0.438. The van der Waals surface area contributed by atoms with Crippen LogP contribution in [0.3, 0.4) is 0 Å². The molecule has 3 heterocycles. The molecule has 1 aliphatic heterocycles. The van der Waals surface area contributed by atoms with Crippen molar-refractivity contribution in [2.75, 3.05) is 11.4 Å². The van der Waals surface area contributed by atoms with Gasteiger partial charge in [-0.2, -0.15) is 5.10 Å². The number of nitrogens with one attached hydrogen (secondary N) is 1. The molecular formula is C16H21N5O. The van der Waals surface area contributed by atoms with E-state index in [1.165, 1.54) is 0 Å². The van der Waals surface area contributed by atoms with E-state index in [1.54, 1.807) is 18.6 Å². The van der Waals surface area contributed by atoms with Gasteiger partial charge >= 0.3 is 0 Å². The molecular weight excluding hydrogens is 278 g/mol. The standard InChI is InChI=1S/C16H21N5O/c1-2-21-14(7-9-19-21)12-18-15-6-4-10-20(16(15)22)13-5-3-8-17-11-13/h3,5,7-9,11,15,18H,2,4,6,10,12H2,1H3/t15-/m1/s1. The Morgan fingerprint density at radius 1 is 1.36 bits per heavy atom. The van der Waals surface area contributed by atoms with Crippen molar-refractivity contribution < 1.29 is 4.79 Å². The molecule has 2 aromatic rings. The average Bonchev–Trinajstić information content (AvgIpc) is 3.02. The maximum Gasteiger partial charge on any atom is 0.244 e. The molecule has 3 rings (SSSR count). The van der Waals surface area contributed by atoms with Gasteiger partial charge in [0.25, 0.3) is 0 Å². The number of hydrogen-bond acceptors (Lipinski definition) is 4. The molecule has 0 bridgehead atoms. The maximum absolute atomic E-state index is 12.7. The number of carbonyl (C=O) groups is 1. The summed E-state index contributed by atoms with van der Waals surface area (Å²) in [5.74, 6) is 0.127. The lowest BCUT2D eigenvalue weighted by Gasteiger charge is -2.32. The summed E-state index contributed by atoms with van der Waals surface area (Å²) in [6.45, 7) is 4.32. The number of piperidine rings is 1. The molecule has 1 saturated heterocycles. The minimum absolute atomic E-state index is 0.127. The van der Waals surface area contributed by atoms with Crippen LogP contribution in [-0.4, -0.2) is 33.3 Å². The molecule has 1 N–H and O–H groups in total. The van der Waals surface area contributed by atoms with Crippen molar-refractivity contribution in [1.29, 1.82) is 0 Å². The number of nitrogens with zero attached hydrogens (tertiary/aromatic N) is 4. The van der Waals surface area contributed by atoms with Crippen LogP contribution in [0, 0.1) is 0 Å². The fourth-order valence-electron chi connectivity index (χ4n) is 2.86. The van der Waals surface area contributed by atoms with Crippen LogP contribution in [0.5, 0.6) is 0 Å². The van der Waals surface area contributed by atoms with Gasteiger partial charge in [0.1, 0.15) is 0 Å². The largest absolute Gasteiger partial charge is 0.310 e. The molecule has 0 aromatic carbocycles. The van der Waals surface area contributed by atoms with Gasteiger partial charge in [0.05, 0.1) is 23.6 Å². The molecule has 0 radical (unpaired) electrons. The molecule has 2 aromatic heterocycles. The van der Waals surface area contributed by atoms with Gasteiger partial charge in [0, 0.05) is 32.0 Å². The number of hydrogen-bond donors (Lipinski definition) is 1. The molecule has 1 amide bonds. The molecule has 0 aliphatic carbocycles. The second-order valence-corrected chi connectivity index (χ2v) is 5.42. The summed E-state index contributed by atoms with van der Waals surface area (Å²) >= 11 is 0. The van der Waals surface area contributed by atoms with Gasteiger partial charge in [-0.25, -0.2) is 0 Å². The maximum atomic E-state index is 12.7.